The van der Waals surface area contributed by atoms with Crippen molar-refractivity contribution >= 4 is 16.9 Å². The predicted octanol–water partition coefficient (Wildman–Crippen LogP) is 1.76. The van der Waals surface area contributed by atoms with Crippen LogP contribution in [0, 0.1) is 6.92 Å². The maximum atomic E-state index is 12.3. The number of rotatable bonds is 10. The summed E-state index contributed by atoms with van der Waals surface area (Å²) in [7, 11) is 1.90. The van der Waals surface area contributed by atoms with Gasteiger partial charge in [-0.05, 0) is 38.5 Å². The van der Waals surface area contributed by atoms with E-state index >= 15 is 0 Å². The van der Waals surface area contributed by atoms with E-state index in [-0.39, 0.29) is 25.2 Å². The van der Waals surface area contributed by atoms with Gasteiger partial charge in [0.05, 0.1) is 18.8 Å². The normalized spacial score (nSPS) is 13.6. The molecule has 27 heavy (non-hydrogen) atoms. The average Bonchev–Trinajstić information content (AvgIpc) is 2.91. The molecule has 0 saturated heterocycles. The molecule has 0 aliphatic rings. The molecule has 0 radical (unpaired) electrons. The first-order valence-electron chi connectivity index (χ1n) is 9.34. The van der Waals surface area contributed by atoms with Crippen LogP contribution in [0.3, 0.4) is 0 Å². The number of aliphatic hydroxyl groups excluding tert-OH is 2. The van der Waals surface area contributed by atoms with Crippen molar-refractivity contribution in [1.82, 2.24) is 9.88 Å². The number of aliphatic hydroxyl groups is 2. The molecule has 0 saturated carbocycles. The summed E-state index contributed by atoms with van der Waals surface area (Å²) in [5.74, 6) is 0.225. The highest BCUT2D eigenvalue weighted by Crippen LogP contribution is 2.29. The molecule has 0 amide bonds. The van der Waals surface area contributed by atoms with Crippen molar-refractivity contribution in [2.45, 2.75) is 39.3 Å². The molecule has 0 bridgehead atoms. The van der Waals surface area contributed by atoms with Crippen LogP contribution >= 0.6 is 0 Å². The third kappa shape index (κ3) is 5.00. The number of aromatic nitrogens is 1. The van der Waals surface area contributed by atoms with Gasteiger partial charge < -0.3 is 29.6 Å². The van der Waals surface area contributed by atoms with Gasteiger partial charge in [0.2, 0.25) is 0 Å². The summed E-state index contributed by atoms with van der Waals surface area (Å²) in [4.78, 5) is 12.3. The van der Waals surface area contributed by atoms with Gasteiger partial charge in [0.1, 0.15) is 18.5 Å². The molecule has 0 aliphatic heterocycles. The van der Waals surface area contributed by atoms with E-state index in [0.29, 0.717) is 24.5 Å². The summed E-state index contributed by atoms with van der Waals surface area (Å²) in [5, 5.41) is 23.1. The van der Waals surface area contributed by atoms with Gasteiger partial charge in [-0.15, -0.1) is 0 Å². The average molecular weight is 378 g/mol. The van der Waals surface area contributed by atoms with Gasteiger partial charge in [-0.3, -0.25) is 0 Å². The second-order valence-electron chi connectivity index (χ2n) is 6.58. The fraction of sp³-hybridized carbons (Fsp3) is 0.550. The topological polar surface area (TPSA) is 93.0 Å². The molecule has 1 aromatic carbocycles. The van der Waals surface area contributed by atoms with Gasteiger partial charge >= 0.3 is 5.97 Å². The third-order valence-electron chi connectivity index (χ3n) is 4.74. The van der Waals surface area contributed by atoms with E-state index in [1.807, 2.05) is 37.6 Å². The van der Waals surface area contributed by atoms with Crippen molar-refractivity contribution in [2.75, 3.05) is 26.4 Å². The van der Waals surface area contributed by atoms with Gasteiger partial charge in [0, 0.05) is 36.2 Å². The lowest BCUT2D eigenvalue weighted by molar-refractivity contribution is 0.0527. The Morgan fingerprint density at radius 2 is 2.07 bits per heavy atom. The quantitative estimate of drug-likeness (QED) is 0.546. The van der Waals surface area contributed by atoms with Gasteiger partial charge in [0.25, 0.3) is 0 Å². The molecule has 3 N–H and O–H groups in total. The van der Waals surface area contributed by atoms with Crippen molar-refractivity contribution in [3.8, 4) is 5.75 Å². The van der Waals surface area contributed by atoms with Crippen LogP contribution in [0.15, 0.2) is 18.2 Å². The number of nitrogens with one attached hydrogen (secondary N) is 1. The molecular formula is C20H30N2O5. The second kappa shape index (κ2) is 9.73. The smallest absolute Gasteiger partial charge is 0.340 e. The van der Waals surface area contributed by atoms with E-state index in [2.05, 4.69) is 5.32 Å². The van der Waals surface area contributed by atoms with Crippen LogP contribution in [0.5, 0.6) is 5.75 Å². The first kappa shape index (κ1) is 21.2. The first-order valence-corrected chi connectivity index (χ1v) is 9.34. The van der Waals surface area contributed by atoms with Crippen LogP contribution in [0.2, 0.25) is 0 Å². The Balaban J connectivity index is 2.11. The fourth-order valence-corrected chi connectivity index (χ4v) is 2.99. The molecule has 0 fully saturated rings. The summed E-state index contributed by atoms with van der Waals surface area (Å²) >= 11 is 0. The molecular weight excluding hydrogens is 348 g/mol. The number of hydrogen-bond donors (Lipinski definition) is 3. The van der Waals surface area contributed by atoms with Gasteiger partial charge in [-0.1, -0.05) is 6.92 Å². The van der Waals surface area contributed by atoms with Crippen LogP contribution in [-0.4, -0.2) is 59.3 Å². The van der Waals surface area contributed by atoms with Crippen molar-refractivity contribution in [3.63, 3.8) is 0 Å². The molecule has 1 aromatic heterocycles. The summed E-state index contributed by atoms with van der Waals surface area (Å²) in [5.41, 5.74) is 2.29. The molecule has 7 heteroatoms. The van der Waals surface area contributed by atoms with Crippen LogP contribution < -0.4 is 10.1 Å². The van der Waals surface area contributed by atoms with Crippen molar-refractivity contribution in [3.05, 3.63) is 29.5 Å². The van der Waals surface area contributed by atoms with E-state index in [9.17, 15) is 9.90 Å². The van der Waals surface area contributed by atoms with Gasteiger partial charge in [-0.2, -0.15) is 0 Å². The predicted molar refractivity (Wildman–Crippen MR) is 104 cm³/mol. The highest BCUT2D eigenvalue weighted by molar-refractivity contribution is 6.06. The Labute approximate surface area is 159 Å². The lowest BCUT2D eigenvalue weighted by Crippen LogP contribution is -2.39. The Bertz CT molecular complexity index is 767. The number of carbonyl (C=O) groups excluding carboxylic acids is 1. The second-order valence-corrected chi connectivity index (χ2v) is 6.58. The van der Waals surface area contributed by atoms with Crippen LogP contribution in [0.25, 0.3) is 10.9 Å². The molecule has 2 aromatic rings. The van der Waals surface area contributed by atoms with Crippen LogP contribution in [0.4, 0.5) is 0 Å². The Morgan fingerprint density at radius 1 is 1.33 bits per heavy atom. The molecule has 2 atom stereocenters. The van der Waals surface area contributed by atoms with Crippen LogP contribution in [0.1, 0.15) is 36.3 Å². The van der Waals surface area contributed by atoms with Gasteiger partial charge in [0.15, 0.2) is 0 Å². The van der Waals surface area contributed by atoms with E-state index in [0.717, 1.165) is 23.0 Å². The third-order valence-corrected chi connectivity index (χ3v) is 4.74. The summed E-state index contributed by atoms with van der Waals surface area (Å²) in [6.45, 7) is 6.42. The molecule has 7 nitrogen and oxygen atoms in total. The molecule has 1 heterocycles. The zero-order chi connectivity index (χ0) is 20.0. The maximum Gasteiger partial charge on any atom is 0.340 e. The number of ether oxygens (including phenoxy) is 2. The highest BCUT2D eigenvalue weighted by atomic mass is 16.5. The van der Waals surface area contributed by atoms with Crippen molar-refractivity contribution in [1.29, 1.82) is 0 Å². The lowest BCUT2D eigenvalue weighted by Gasteiger charge is -2.18. The standard InChI is InChI=1S/C20H30N2O5/c1-5-14(11-23)21-10-15(24)12-27-16-7-8-18-17(9-16)19(13(3)22(18)4)20(25)26-6-2/h7-9,14-15,21,23-24H,5-6,10-12H2,1-4H3/t14-,15-/m1/s1. The van der Waals surface area contributed by atoms with Crippen LogP contribution in [-0.2, 0) is 11.8 Å². The number of fused-ring (bicyclic) bond motifs is 1. The number of nitrogens with zero attached hydrogens (tertiary/aromatic N) is 1. The highest BCUT2D eigenvalue weighted by Gasteiger charge is 2.20. The Morgan fingerprint density at radius 3 is 2.70 bits per heavy atom. The zero-order valence-electron chi connectivity index (χ0n) is 16.5. The Hall–Kier alpha value is -2.09. The number of esters is 1. The largest absolute Gasteiger partial charge is 0.491 e. The summed E-state index contributed by atoms with van der Waals surface area (Å²) < 4.78 is 12.8. The van der Waals surface area contributed by atoms with E-state index in [4.69, 9.17) is 14.6 Å². The minimum atomic E-state index is -0.705. The van der Waals surface area contributed by atoms with E-state index < -0.39 is 6.10 Å². The van der Waals surface area contributed by atoms with Crippen molar-refractivity contribution in [2.24, 2.45) is 7.05 Å². The first-order chi connectivity index (χ1) is 12.9. The summed E-state index contributed by atoms with van der Waals surface area (Å²) in [6, 6.07) is 5.48. The minimum Gasteiger partial charge on any atom is -0.491 e. The van der Waals surface area contributed by atoms with E-state index in [1.165, 1.54) is 0 Å². The molecule has 0 aliphatic carbocycles. The van der Waals surface area contributed by atoms with Crippen molar-refractivity contribution < 1.29 is 24.5 Å². The van der Waals surface area contributed by atoms with E-state index in [1.54, 1.807) is 13.0 Å². The minimum absolute atomic E-state index is 0.0320. The van der Waals surface area contributed by atoms with Gasteiger partial charge in [-0.25, -0.2) is 4.79 Å². The molecule has 0 unspecified atom stereocenters. The number of carbonyl (C=O) groups is 1. The SMILES string of the molecule is CCOC(=O)c1c(C)n(C)c2ccc(OC[C@H](O)CN[C@H](CC)CO)cc12. The Kier molecular flexibility index (Phi) is 7.65. The lowest BCUT2D eigenvalue weighted by atomic mass is 10.1. The maximum absolute atomic E-state index is 12.3. The molecule has 2 rings (SSSR count). The monoisotopic (exact) mass is 378 g/mol. The molecule has 0 spiro atoms. The zero-order valence-corrected chi connectivity index (χ0v) is 16.5. The number of hydrogen-bond acceptors (Lipinski definition) is 6. The summed E-state index contributed by atoms with van der Waals surface area (Å²) in [6.07, 6.45) is 0.0772. The molecule has 150 valence electrons. The number of aryl methyl sites for hydroxylation is 1. The fourth-order valence-electron chi connectivity index (χ4n) is 2.99. The number of benzene rings is 1.